The molecule has 0 aromatic carbocycles. The highest BCUT2D eigenvalue weighted by Crippen LogP contribution is 2.36. The zero-order chi connectivity index (χ0) is 17.6. The Morgan fingerprint density at radius 2 is 2.24 bits per heavy atom. The molecule has 0 aliphatic carbocycles. The molecule has 0 radical (unpaired) electrons. The average Bonchev–Trinajstić information content (AvgIpc) is 3.14. The lowest BCUT2D eigenvalue weighted by molar-refractivity contribution is -0.170. The number of hydrogen-bond donors (Lipinski definition) is 0. The largest absolute Gasteiger partial charge is 0.356 e. The third-order valence-electron chi connectivity index (χ3n) is 5.55. The third-order valence-corrected chi connectivity index (χ3v) is 5.55. The van der Waals surface area contributed by atoms with Crippen molar-refractivity contribution in [2.45, 2.75) is 50.4 Å². The minimum absolute atomic E-state index is 0.00310. The highest BCUT2D eigenvalue weighted by atomic mass is 16.5. The molecule has 0 spiro atoms. The summed E-state index contributed by atoms with van der Waals surface area (Å²) in [5.41, 5.74) is 0.843. The van der Waals surface area contributed by atoms with Crippen molar-refractivity contribution in [3.8, 4) is 0 Å². The van der Waals surface area contributed by atoms with E-state index in [0.29, 0.717) is 6.54 Å². The predicted octanol–water partition coefficient (Wildman–Crippen LogP) is 1.03. The minimum Gasteiger partial charge on any atom is -0.356 e. The number of rotatable bonds is 3. The van der Waals surface area contributed by atoms with Crippen LogP contribution in [-0.4, -0.2) is 62.7 Å². The first-order valence-electron chi connectivity index (χ1n) is 8.98. The second-order valence-corrected chi connectivity index (χ2v) is 7.01. The maximum atomic E-state index is 13.4. The summed E-state index contributed by atoms with van der Waals surface area (Å²) in [7, 11) is 1.83. The van der Waals surface area contributed by atoms with E-state index in [4.69, 9.17) is 4.74 Å². The van der Waals surface area contributed by atoms with Gasteiger partial charge >= 0.3 is 0 Å². The van der Waals surface area contributed by atoms with Crippen LogP contribution in [0.25, 0.3) is 0 Å². The summed E-state index contributed by atoms with van der Waals surface area (Å²) < 4.78 is 7.49. The molecule has 0 N–H and O–H groups in total. The predicted molar refractivity (Wildman–Crippen MR) is 90.5 cm³/mol. The third kappa shape index (κ3) is 2.66. The van der Waals surface area contributed by atoms with Crippen LogP contribution in [0.1, 0.15) is 37.8 Å². The van der Waals surface area contributed by atoms with Crippen molar-refractivity contribution in [1.29, 1.82) is 0 Å². The van der Waals surface area contributed by atoms with Crippen LogP contribution in [0.4, 0.5) is 0 Å². The van der Waals surface area contributed by atoms with E-state index in [-0.39, 0.29) is 30.5 Å². The molecule has 2 fully saturated rings. The van der Waals surface area contributed by atoms with Gasteiger partial charge in [0, 0.05) is 31.4 Å². The van der Waals surface area contributed by atoms with Gasteiger partial charge in [-0.05, 0) is 26.2 Å². The van der Waals surface area contributed by atoms with Crippen LogP contribution in [0.3, 0.4) is 0 Å². The summed E-state index contributed by atoms with van der Waals surface area (Å²) in [6, 6.07) is 0.00297. The Labute approximate surface area is 147 Å². The molecule has 2 bridgehead atoms. The van der Waals surface area contributed by atoms with Gasteiger partial charge in [-0.15, -0.1) is 0 Å². The lowest BCUT2D eigenvalue weighted by Crippen LogP contribution is -2.57. The Bertz CT molecular complexity index is 713. The van der Waals surface area contributed by atoms with Crippen LogP contribution in [0.2, 0.25) is 0 Å². The molecule has 7 nitrogen and oxygen atoms in total. The summed E-state index contributed by atoms with van der Waals surface area (Å²) in [5.74, 6) is -0.0847. The first-order chi connectivity index (χ1) is 12.1. The molecule has 1 aromatic heterocycles. The second kappa shape index (κ2) is 6.29. The highest BCUT2D eigenvalue weighted by molar-refractivity contribution is 5.87. The lowest BCUT2D eigenvalue weighted by Gasteiger charge is -2.42. The van der Waals surface area contributed by atoms with Gasteiger partial charge in [0.25, 0.3) is 5.91 Å². The first-order valence-corrected chi connectivity index (χ1v) is 8.98. The Balaban J connectivity index is 1.67. The van der Waals surface area contributed by atoms with Gasteiger partial charge in [0.15, 0.2) is 6.10 Å². The maximum absolute atomic E-state index is 13.4. The van der Waals surface area contributed by atoms with Crippen molar-refractivity contribution in [3.05, 3.63) is 30.1 Å². The van der Waals surface area contributed by atoms with Gasteiger partial charge in [0.05, 0.1) is 18.3 Å². The molecule has 4 atom stereocenters. The number of morpholine rings is 1. The number of hydrogen-bond acceptors (Lipinski definition) is 4. The fraction of sp³-hybridized carbons (Fsp3) is 0.611. The van der Waals surface area contributed by atoms with Crippen molar-refractivity contribution in [1.82, 2.24) is 19.6 Å². The van der Waals surface area contributed by atoms with Gasteiger partial charge in [-0.2, -0.15) is 5.10 Å². The number of aryl methyl sites for hydroxylation is 1. The quantitative estimate of drug-likeness (QED) is 0.768. The molecule has 1 aromatic rings. The summed E-state index contributed by atoms with van der Waals surface area (Å²) in [6.07, 6.45) is 10.2. The summed E-state index contributed by atoms with van der Waals surface area (Å²) in [5, 5.41) is 4.22. The lowest BCUT2D eigenvalue weighted by atomic mass is 9.98. The number of aromatic nitrogens is 2. The monoisotopic (exact) mass is 344 g/mol. The molecular formula is C18H24N4O3. The van der Waals surface area contributed by atoms with E-state index in [2.05, 4.69) is 17.3 Å². The molecule has 2 saturated heterocycles. The summed E-state index contributed by atoms with van der Waals surface area (Å²) in [6.45, 7) is 2.43. The Morgan fingerprint density at radius 3 is 2.92 bits per heavy atom. The number of likely N-dealkylation sites (N-methyl/N-ethyl adjacent to an activating group) is 1. The van der Waals surface area contributed by atoms with Crippen LogP contribution in [0, 0.1) is 0 Å². The molecule has 3 aliphatic heterocycles. The zero-order valence-corrected chi connectivity index (χ0v) is 14.7. The molecule has 4 rings (SSSR count). The molecule has 2 unspecified atom stereocenters. The SMILES string of the molecule is CCN1C(=O)CO[C@H](C(=O)N2C3C=CCC2CC3)[C@H]1c1cnn(C)c1. The molecule has 25 heavy (non-hydrogen) atoms. The van der Waals surface area contributed by atoms with Crippen molar-refractivity contribution in [2.75, 3.05) is 13.2 Å². The summed E-state index contributed by atoms with van der Waals surface area (Å²) >= 11 is 0. The molecular weight excluding hydrogens is 320 g/mol. The molecule has 2 amide bonds. The van der Waals surface area contributed by atoms with Crippen LogP contribution < -0.4 is 0 Å². The van der Waals surface area contributed by atoms with Gasteiger partial charge in [0.2, 0.25) is 5.91 Å². The van der Waals surface area contributed by atoms with E-state index in [9.17, 15) is 9.59 Å². The van der Waals surface area contributed by atoms with E-state index in [1.165, 1.54) is 0 Å². The van der Waals surface area contributed by atoms with Gasteiger partial charge in [-0.25, -0.2) is 0 Å². The van der Waals surface area contributed by atoms with Crippen LogP contribution in [0.15, 0.2) is 24.5 Å². The van der Waals surface area contributed by atoms with E-state index in [1.54, 1.807) is 15.8 Å². The number of carbonyl (C=O) groups is 2. The molecule has 4 heterocycles. The molecule has 7 heteroatoms. The number of carbonyl (C=O) groups excluding carboxylic acids is 2. The van der Waals surface area contributed by atoms with Gasteiger partial charge < -0.3 is 14.5 Å². The standard InChI is InChI=1S/C18H24N4O3/c1-3-21-15(23)11-25-17(16(21)12-9-19-20(2)10-12)18(24)22-13-5-4-6-14(22)8-7-13/h4-5,9-10,13-14,16-17H,3,6-8,11H2,1-2H3/t13?,14?,16-,17+/m1/s1. The van der Waals surface area contributed by atoms with E-state index < -0.39 is 12.1 Å². The van der Waals surface area contributed by atoms with Gasteiger partial charge in [0.1, 0.15) is 6.61 Å². The number of amides is 2. The van der Waals surface area contributed by atoms with E-state index >= 15 is 0 Å². The van der Waals surface area contributed by atoms with Crippen LogP contribution >= 0.6 is 0 Å². The van der Waals surface area contributed by atoms with E-state index in [1.807, 2.05) is 25.1 Å². The molecule has 134 valence electrons. The first kappa shape index (κ1) is 16.3. The maximum Gasteiger partial charge on any atom is 0.255 e. The van der Waals surface area contributed by atoms with Crippen molar-refractivity contribution < 1.29 is 14.3 Å². The number of nitrogens with zero attached hydrogens (tertiary/aromatic N) is 4. The molecule has 3 aliphatic rings. The zero-order valence-electron chi connectivity index (χ0n) is 14.7. The van der Waals surface area contributed by atoms with Crippen LogP contribution in [-0.2, 0) is 21.4 Å². The normalized spacial score (nSPS) is 31.7. The fourth-order valence-electron chi connectivity index (χ4n) is 4.40. The van der Waals surface area contributed by atoms with E-state index in [0.717, 1.165) is 24.8 Å². The van der Waals surface area contributed by atoms with Gasteiger partial charge in [-0.3, -0.25) is 14.3 Å². The Kier molecular flexibility index (Phi) is 4.11. The smallest absolute Gasteiger partial charge is 0.255 e. The highest BCUT2D eigenvalue weighted by Gasteiger charge is 2.47. The van der Waals surface area contributed by atoms with Crippen molar-refractivity contribution in [3.63, 3.8) is 0 Å². The minimum atomic E-state index is -0.670. The Morgan fingerprint density at radius 1 is 1.40 bits per heavy atom. The molecule has 0 saturated carbocycles. The summed E-state index contributed by atoms with van der Waals surface area (Å²) in [4.78, 5) is 29.4. The topological polar surface area (TPSA) is 67.7 Å². The van der Waals surface area contributed by atoms with Crippen molar-refractivity contribution >= 4 is 11.8 Å². The Hall–Kier alpha value is -2.15. The average molecular weight is 344 g/mol. The number of ether oxygens (including phenoxy) is 1. The van der Waals surface area contributed by atoms with Crippen molar-refractivity contribution in [2.24, 2.45) is 7.05 Å². The van der Waals surface area contributed by atoms with Gasteiger partial charge in [-0.1, -0.05) is 12.2 Å². The number of fused-ring (bicyclic) bond motifs is 2. The van der Waals surface area contributed by atoms with Crippen LogP contribution in [0.5, 0.6) is 0 Å². The fourth-order valence-corrected chi connectivity index (χ4v) is 4.40. The second-order valence-electron chi connectivity index (χ2n) is 7.01.